The molecular weight excluding hydrogens is 258 g/mol. The van der Waals surface area contributed by atoms with Crippen molar-refractivity contribution in [3.63, 3.8) is 0 Å². The Hall–Kier alpha value is -1.32. The number of halogens is 1. The Labute approximate surface area is 119 Å². The minimum atomic E-state index is 0.257. The highest BCUT2D eigenvalue weighted by molar-refractivity contribution is 6.30. The molecule has 3 nitrogen and oxygen atoms in total. The second-order valence-corrected chi connectivity index (χ2v) is 5.09. The van der Waals surface area contributed by atoms with Crippen LogP contribution in [0.25, 0.3) is 0 Å². The molecule has 0 saturated carbocycles. The molecule has 1 unspecified atom stereocenters. The molecular formula is C15H20ClN3. The Morgan fingerprint density at radius 1 is 1.37 bits per heavy atom. The summed E-state index contributed by atoms with van der Waals surface area (Å²) >= 11 is 6.04. The van der Waals surface area contributed by atoms with E-state index in [0.717, 1.165) is 24.4 Å². The molecule has 4 heteroatoms. The summed E-state index contributed by atoms with van der Waals surface area (Å²) in [5.74, 6) is 0. The zero-order chi connectivity index (χ0) is 13.7. The zero-order valence-electron chi connectivity index (χ0n) is 11.4. The Morgan fingerprint density at radius 2 is 2.21 bits per heavy atom. The van der Waals surface area contributed by atoms with Crippen LogP contribution in [0.2, 0.25) is 5.02 Å². The number of hydrogen-bond donors (Lipinski definition) is 1. The molecule has 0 bridgehead atoms. The summed E-state index contributed by atoms with van der Waals surface area (Å²) in [6.45, 7) is 3.12. The first kappa shape index (κ1) is 14.1. The van der Waals surface area contributed by atoms with Crippen molar-refractivity contribution in [3.05, 3.63) is 52.8 Å². The number of likely N-dealkylation sites (N-methyl/N-ethyl adjacent to an activating group) is 1. The fourth-order valence-corrected chi connectivity index (χ4v) is 2.50. The number of benzene rings is 1. The van der Waals surface area contributed by atoms with E-state index < -0.39 is 0 Å². The summed E-state index contributed by atoms with van der Waals surface area (Å²) in [5, 5.41) is 8.54. The number of rotatable bonds is 6. The fourth-order valence-electron chi connectivity index (χ4n) is 2.29. The highest BCUT2D eigenvalue weighted by atomic mass is 35.5. The number of hydrogen-bond acceptors (Lipinski definition) is 2. The third-order valence-electron chi connectivity index (χ3n) is 3.22. The zero-order valence-corrected chi connectivity index (χ0v) is 12.2. The molecule has 1 heterocycles. The number of aromatic nitrogens is 2. The highest BCUT2D eigenvalue weighted by Gasteiger charge is 2.14. The summed E-state index contributed by atoms with van der Waals surface area (Å²) in [6.07, 6.45) is 3.86. The van der Waals surface area contributed by atoms with E-state index in [4.69, 9.17) is 11.6 Å². The van der Waals surface area contributed by atoms with Crippen molar-refractivity contribution >= 4 is 11.6 Å². The van der Waals surface area contributed by atoms with Crippen molar-refractivity contribution in [2.45, 2.75) is 32.4 Å². The van der Waals surface area contributed by atoms with Gasteiger partial charge in [0.2, 0.25) is 0 Å². The van der Waals surface area contributed by atoms with E-state index >= 15 is 0 Å². The lowest BCUT2D eigenvalue weighted by atomic mass is 10.0. The Balaban J connectivity index is 2.18. The molecule has 1 atom stereocenters. The van der Waals surface area contributed by atoms with Crippen LogP contribution >= 0.6 is 11.6 Å². The summed E-state index contributed by atoms with van der Waals surface area (Å²) in [7, 11) is 1.98. The summed E-state index contributed by atoms with van der Waals surface area (Å²) in [6, 6.07) is 10.4. The SMILES string of the molecule is CCCn1nccc1C(Cc1cccc(Cl)c1)NC. The molecule has 2 rings (SSSR count). The predicted molar refractivity (Wildman–Crippen MR) is 79.5 cm³/mol. The number of nitrogens with zero attached hydrogens (tertiary/aromatic N) is 2. The molecule has 1 aromatic heterocycles. The highest BCUT2D eigenvalue weighted by Crippen LogP contribution is 2.20. The van der Waals surface area contributed by atoms with E-state index in [1.807, 2.05) is 31.4 Å². The van der Waals surface area contributed by atoms with Crippen LogP contribution in [0.4, 0.5) is 0 Å². The topological polar surface area (TPSA) is 29.9 Å². The molecule has 0 saturated heterocycles. The van der Waals surface area contributed by atoms with Gasteiger partial charge in [-0.25, -0.2) is 0 Å². The van der Waals surface area contributed by atoms with Crippen LogP contribution in [0.1, 0.15) is 30.6 Å². The lowest BCUT2D eigenvalue weighted by Crippen LogP contribution is -2.22. The summed E-state index contributed by atoms with van der Waals surface area (Å²) in [5.41, 5.74) is 2.46. The monoisotopic (exact) mass is 277 g/mol. The van der Waals surface area contributed by atoms with Gasteiger partial charge in [0.25, 0.3) is 0 Å². The lowest BCUT2D eigenvalue weighted by molar-refractivity contribution is 0.497. The average Bonchev–Trinajstić information content (AvgIpc) is 2.85. The van der Waals surface area contributed by atoms with Gasteiger partial charge in [0, 0.05) is 17.8 Å². The molecule has 1 aromatic carbocycles. The molecule has 0 aliphatic heterocycles. The van der Waals surface area contributed by atoms with Gasteiger partial charge in [-0.05, 0) is 43.7 Å². The van der Waals surface area contributed by atoms with Crippen LogP contribution in [-0.2, 0) is 13.0 Å². The van der Waals surface area contributed by atoms with Crippen LogP contribution < -0.4 is 5.32 Å². The Bertz CT molecular complexity index is 522. The average molecular weight is 278 g/mol. The van der Waals surface area contributed by atoms with Gasteiger partial charge in [0.05, 0.1) is 11.7 Å². The molecule has 0 aliphatic rings. The number of nitrogens with one attached hydrogen (secondary N) is 1. The quantitative estimate of drug-likeness (QED) is 0.876. The van der Waals surface area contributed by atoms with Crippen molar-refractivity contribution in [1.29, 1.82) is 0 Å². The minimum absolute atomic E-state index is 0.257. The maximum absolute atomic E-state index is 6.04. The van der Waals surface area contributed by atoms with E-state index in [1.165, 1.54) is 11.3 Å². The van der Waals surface area contributed by atoms with Crippen molar-refractivity contribution in [3.8, 4) is 0 Å². The van der Waals surface area contributed by atoms with Gasteiger partial charge in [-0.1, -0.05) is 30.7 Å². The standard InChI is InChI=1S/C15H20ClN3/c1-3-9-19-15(7-8-18-19)14(17-2)11-12-5-4-6-13(16)10-12/h4-8,10,14,17H,3,9,11H2,1-2H3. The van der Waals surface area contributed by atoms with Gasteiger partial charge in [0.1, 0.15) is 0 Å². The Morgan fingerprint density at radius 3 is 2.89 bits per heavy atom. The van der Waals surface area contributed by atoms with Gasteiger partial charge in [-0.15, -0.1) is 0 Å². The van der Waals surface area contributed by atoms with Crippen LogP contribution in [0.3, 0.4) is 0 Å². The molecule has 19 heavy (non-hydrogen) atoms. The second-order valence-electron chi connectivity index (χ2n) is 4.65. The molecule has 0 aliphatic carbocycles. The first-order chi connectivity index (χ1) is 9.24. The Kier molecular flexibility index (Phi) is 5.00. The maximum Gasteiger partial charge on any atom is 0.0556 e. The first-order valence-corrected chi connectivity index (χ1v) is 7.05. The minimum Gasteiger partial charge on any atom is -0.311 e. The molecule has 102 valence electrons. The third-order valence-corrected chi connectivity index (χ3v) is 3.45. The van der Waals surface area contributed by atoms with E-state index in [9.17, 15) is 0 Å². The third kappa shape index (κ3) is 3.58. The molecule has 0 spiro atoms. The van der Waals surface area contributed by atoms with E-state index in [1.54, 1.807) is 0 Å². The molecule has 0 radical (unpaired) electrons. The van der Waals surface area contributed by atoms with Gasteiger partial charge < -0.3 is 5.32 Å². The predicted octanol–water partition coefficient (Wildman–Crippen LogP) is 3.45. The first-order valence-electron chi connectivity index (χ1n) is 6.68. The largest absolute Gasteiger partial charge is 0.311 e. The normalized spacial score (nSPS) is 12.6. The second kappa shape index (κ2) is 6.73. The van der Waals surface area contributed by atoms with Crippen molar-refractivity contribution in [2.24, 2.45) is 0 Å². The lowest BCUT2D eigenvalue weighted by Gasteiger charge is -2.18. The van der Waals surface area contributed by atoms with Crippen molar-refractivity contribution in [1.82, 2.24) is 15.1 Å². The van der Waals surface area contributed by atoms with E-state index in [2.05, 4.69) is 34.2 Å². The fraction of sp³-hybridized carbons (Fsp3) is 0.400. The van der Waals surface area contributed by atoms with Crippen molar-refractivity contribution < 1.29 is 0 Å². The summed E-state index contributed by atoms with van der Waals surface area (Å²) < 4.78 is 2.08. The van der Waals surface area contributed by atoms with Gasteiger partial charge in [0.15, 0.2) is 0 Å². The van der Waals surface area contributed by atoms with Crippen LogP contribution in [-0.4, -0.2) is 16.8 Å². The van der Waals surface area contributed by atoms with Crippen molar-refractivity contribution in [2.75, 3.05) is 7.05 Å². The molecule has 0 amide bonds. The van der Waals surface area contributed by atoms with E-state index in [-0.39, 0.29) is 6.04 Å². The maximum atomic E-state index is 6.04. The van der Waals surface area contributed by atoms with Crippen LogP contribution in [0.5, 0.6) is 0 Å². The van der Waals surface area contributed by atoms with E-state index in [0.29, 0.717) is 0 Å². The molecule has 0 fully saturated rings. The van der Waals surface area contributed by atoms with Crippen LogP contribution in [0.15, 0.2) is 36.5 Å². The molecule has 1 N–H and O–H groups in total. The smallest absolute Gasteiger partial charge is 0.0556 e. The summed E-state index contributed by atoms with van der Waals surface area (Å²) in [4.78, 5) is 0. The number of aryl methyl sites for hydroxylation is 1. The van der Waals surface area contributed by atoms with Gasteiger partial charge in [-0.2, -0.15) is 5.10 Å². The van der Waals surface area contributed by atoms with Gasteiger partial charge >= 0.3 is 0 Å². The molecule has 2 aromatic rings. The van der Waals surface area contributed by atoms with Gasteiger partial charge in [-0.3, -0.25) is 4.68 Å². The van der Waals surface area contributed by atoms with Crippen LogP contribution in [0, 0.1) is 0 Å².